The normalized spacial score (nSPS) is 10.9. The summed E-state index contributed by atoms with van der Waals surface area (Å²) in [6.45, 7) is 3.54. The maximum Gasteiger partial charge on any atom is 0.240 e. The third kappa shape index (κ3) is 3.77. The van der Waals surface area contributed by atoms with Gasteiger partial charge in [0.05, 0.1) is 6.54 Å². The van der Waals surface area contributed by atoms with Crippen LogP contribution in [0.25, 0.3) is 0 Å². The zero-order chi connectivity index (χ0) is 14.5. The Morgan fingerprint density at radius 1 is 1.14 bits per heavy atom. The molecule has 0 aliphatic heterocycles. The van der Waals surface area contributed by atoms with E-state index in [0.717, 1.165) is 12.4 Å². The van der Waals surface area contributed by atoms with Gasteiger partial charge in [-0.2, -0.15) is 16.3 Å². The zero-order valence-electron chi connectivity index (χ0n) is 11.9. The van der Waals surface area contributed by atoms with Crippen molar-refractivity contribution in [2.45, 2.75) is 26.4 Å². The molecular weight excluding hydrogens is 282 g/mol. The van der Waals surface area contributed by atoms with Gasteiger partial charge in [-0.3, -0.25) is 0 Å². The summed E-state index contributed by atoms with van der Waals surface area (Å²) in [6.07, 6.45) is 0.702. The zero-order valence-corrected chi connectivity index (χ0v) is 12.7. The molecule has 3 rings (SSSR count). The van der Waals surface area contributed by atoms with Crippen LogP contribution < -0.4 is 5.32 Å². The minimum Gasteiger partial charge on any atom is -0.338 e. The van der Waals surface area contributed by atoms with E-state index in [1.165, 1.54) is 16.7 Å². The summed E-state index contributed by atoms with van der Waals surface area (Å²) >= 11 is 1.73. The summed E-state index contributed by atoms with van der Waals surface area (Å²) in [5.41, 5.74) is 3.83. The van der Waals surface area contributed by atoms with E-state index in [-0.39, 0.29) is 0 Å². The highest BCUT2D eigenvalue weighted by molar-refractivity contribution is 7.08. The summed E-state index contributed by atoms with van der Waals surface area (Å²) < 4.78 is 5.27. The van der Waals surface area contributed by atoms with Crippen LogP contribution in [-0.2, 0) is 19.5 Å². The quantitative estimate of drug-likeness (QED) is 0.758. The number of hydrogen-bond acceptors (Lipinski definition) is 5. The van der Waals surface area contributed by atoms with Crippen molar-refractivity contribution in [1.82, 2.24) is 15.5 Å². The van der Waals surface area contributed by atoms with Gasteiger partial charge in [-0.1, -0.05) is 35.5 Å². The first-order valence-corrected chi connectivity index (χ1v) is 7.83. The van der Waals surface area contributed by atoms with Gasteiger partial charge in [0.2, 0.25) is 5.89 Å². The van der Waals surface area contributed by atoms with Crippen molar-refractivity contribution in [3.05, 3.63) is 69.5 Å². The van der Waals surface area contributed by atoms with Gasteiger partial charge < -0.3 is 9.84 Å². The van der Waals surface area contributed by atoms with Crippen molar-refractivity contribution in [3.63, 3.8) is 0 Å². The molecule has 2 aromatic heterocycles. The number of nitrogens with zero attached hydrogens (tertiary/aromatic N) is 2. The van der Waals surface area contributed by atoms with E-state index in [1.807, 2.05) is 18.2 Å². The number of rotatable bonds is 6. The molecule has 0 atom stereocenters. The largest absolute Gasteiger partial charge is 0.338 e. The smallest absolute Gasteiger partial charge is 0.240 e. The van der Waals surface area contributed by atoms with Crippen LogP contribution in [0.2, 0.25) is 0 Å². The summed E-state index contributed by atoms with van der Waals surface area (Å²) in [5.74, 6) is 1.36. The maximum absolute atomic E-state index is 5.27. The van der Waals surface area contributed by atoms with E-state index in [4.69, 9.17) is 4.52 Å². The number of benzene rings is 1. The Balaban J connectivity index is 1.52. The lowest BCUT2D eigenvalue weighted by atomic mass is 10.1. The lowest BCUT2D eigenvalue weighted by Crippen LogP contribution is -2.13. The monoisotopic (exact) mass is 299 g/mol. The standard InChI is InChI=1S/C16H17N3OS/c1-12-10-21-11-14(12)8-17-9-16-18-15(19-20-16)7-13-5-3-2-4-6-13/h2-6,10-11,17H,7-9H2,1H3. The van der Waals surface area contributed by atoms with Crippen LogP contribution in [0.15, 0.2) is 45.6 Å². The van der Waals surface area contributed by atoms with Gasteiger partial charge in [-0.05, 0) is 34.4 Å². The molecule has 108 valence electrons. The van der Waals surface area contributed by atoms with Crippen molar-refractivity contribution in [2.75, 3.05) is 0 Å². The molecule has 5 heteroatoms. The topological polar surface area (TPSA) is 51.0 Å². The molecule has 2 heterocycles. The molecule has 21 heavy (non-hydrogen) atoms. The molecule has 0 saturated heterocycles. The molecule has 1 N–H and O–H groups in total. The Kier molecular flexibility index (Phi) is 4.43. The van der Waals surface area contributed by atoms with Crippen LogP contribution in [0.1, 0.15) is 28.4 Å². The van der Waals surface area contributed by atoms with E-state index in [9.17, 15) is 0 Å². The van der Waals surface area contributed by atoms with Gasteiger partial charge in [0.15, 0.2) is 5.82 Å². The molecule has 0 fully saturated rings. The predicted octanol–water partition coefficient (Wildman–Crippen LogP) is 3.32. The summed E-state index contributed by atoms with van der Waals surface area (Å²) in [6, 6.07) is 10.2. The minimum atomic E-state index is 0.594. The van der Waals surface area contributed by atoms with Crippen LogP contribution in [0.3, 0.4) is 0 Å². The van der Waals surface area contributed by atoms with Crippen molar-refractivity contribution in [2.24, 2.45) is 0 Å². The summed E-state index contributed by atoms with van der Waals surface area (Å²) in [5, 5.41) is 11.7. The Hall–Kier alpha value is -1.98. The van der Waals surface area contributed by atoms with Gasteiger partial charge in [0.1, 0.15) is 0 Å². The number of aryl methyl sites for hydroxylation is 1. The van der Waals surface area contributed by atoms with Gasteiger partial charge >= 0.3 is 0 Å². The second-order valence-corrected chi connectivity index (χ2v) is 5.69. The lowest BCUT2D eigenvalue weighted by Gasteiger charge is -2.00. The van der Waals surface area contributed by atoms with Gasteiger partial charge in [-0.25, -0.2) is 0 Å². The highest BCUT2D eigenvalue weighted by Gasteiger charge is 2.07. The van der Waals surface area contributed by atoms with Gasteiger partial charge in [0, 0.05) is 13.0 Å². The van der Waals surface area contributed by atoms with E-state index in [2.05, 4.69) is 45.3 Å². The molecule has 4 nitrogen and oxygen atoms in total. The molecule has 0 saturated carbocycles. The minimum absolute atomic E-state index is 0.594. The Bertz CT molecular complexity index is 690. The molecule has 0 amide bonds. The number of hydrogen-bond donors (Lipinski definition) is 1. The molecule has 0 unspecified atom stereocenters. The first-order chi connectivity index (χ1) is 10.3. The first kappa shape index (κ1) is 14.0. The molecule has 0 radical (unpaired) electrons. The molecule has 3 aromatic rings. The third-order valence-corrected chi connectivity index (χ3v) is 4.18. The molecule has 0 spiro atoms. The average molecular weight is 299 g/mol. The first-order valence-electron chi connectivity index (χ1n) is 6.89. The fraction of sp³-hybridized carbons (Fsp3) is 0.250. The SMILES string of the molecule is Cc1cscc1CNCc1nc(Cc2ccccc2)no1. The van der Waals surface area contributed by atoms with Crippen LogP contribution in [0.5, 0.6) is 0 Å². The van der Waals surface area contributed by atoms with Crippen LogP contribution in [0, 0.1) is 6.92 Å². The fourth-order valence-electron chi connectivity index (χ4n) is 2.08. The van der Waals surface area contributed by atoms with E-state index >= 15 is 0 Å². The fourth-order valence-corrected chi connectivity index (χ4v) is 2.94. The van der Waals surface area contributed by atoms with E-state index < -0.39 is 0 Å². The van der Waals surface area contributed by atoms with Crippen LogP contribution >= 0.6 is 11.3 Å². The van der Waals surface area contributed by atoms with Crippen LogP contribution in [0.4, 0.5) is 0 Å². The average Bonchev–Trinajstić information content (AvgIpc) is 3.10. The van der Waals surface area contributed by atoms with E-state index in [1.54, 1.807) is 11.3 Å². The maximum atomic E-state index is 5.27. The highest BCUT2D eigenvalue weighted by atomic mass is 32.1. The van der Waals surface area contributed by atoms with Crippen molar-refractivity contribution in [1.29, 1.82) is 0 Å². The Morgan fingerprint density at radius 2 is 2.00 bits per heavy atom. The number of nitrogens with one attached hydrogen (secondary N) is 1. The molecule has 0 aliphatic carbocycles. The molecular formula is C16H17N3OS. The second-order valence-electron chi connectivity index (χ2n) is 4.95. The van der Waals surface area contributed by atoms with Crippen LogP contribution in [-0.4, -0.2) is 10.1 Å². The molecule has 0 aliphatic rings. The Morgan fingerprint density at radius 3 is 2.76 bits per heavy atom. The van der Waals surface area contributed by atoms with Crippen molar-refractivity contribution < 1.29 is 4.52 Å². The Labute approximate surface area is 127 Å². The number of thiophene rings is 1. The molecule has 0 bridgehead atoms. The summed E-state index contributed by atoms with van der Waals surface area (Å²) in [7, 11) is 0. The van der Waals surface area contributed by atoms with Gasteiger partial charge in [0.25, 0.3) is 0 Å². The number of aromatic nitrogens is 2. The third-order valence-electron chi connectivity index (χ3n) is 3.27. The van der Waals surface area contributed by atoms with Crippen molar-refractivity contribution in [3.8, 4) is 0 Å². The van der Waals surface area contributed by atoms with Crippen molar-refractivity contribution >= 4 is 11.3 Å². The summed E-state index contributed by atoms with van der Waals surface area (Å²) in [4.78, 5) is 4.41. The van der Waals surface area contributed by atoms with E-state index in [0.29, 0.717) is 18.9 Å². The highest BCUT2D eigenvalue weighted by Crippen LogP contribution is 2.13. The van der Waals surface area contributed by atoms with Gasteiger partial charge in [-0.15, -0.1) is 0 Å². The second kappa shape index (κ2) is 6.65. The molecule has 1 aromatic carbocycles. The lowest BCUT2D eigenvalue weighted by molar-refractivity contribution is 0.363. The predicted molar refractivity (Wildman–Crippen MR) is 83.1 cm³/mol.